The van der Waals surface area contributed by atoms with Crippen molar-refractivity contribution in [3.8, 4) is 11.1 Å². The molecule has 1 aliphatic carbocycles. The smallest absolute Gasteiger partial charge is 0.407 e. The molecule has 2 amide bonds. The highest BCUT2D eigenvalue weighted by atomic mass is 16.5. The van der Waals surface area contributed by atoms with E-state index < -0.39 is 23.6 Å². The van der Waals surface area contributed by atoms with E-state index in [9.17, 15) is 19.5 Å². The van der Waals surface area contributed by atoms with Crippen LogP contribution in [0.5, 0.6) is 0 Å². The second-order valence-corrected chi connectivity index (χ2v) is 9.92. The number of hydrogen-bond acceptors (Lipinski definition) is 5. The number of carboxylic acids is 1. The van der Waals surface area contributed by atoms with E-state index in [4.69, 9.17) is 9.47 Å². The number of carbonyl (C=O) groups is 3. The van der Waals surface area contributed by atoms with Gasteiger partial charge in [0.05, 0.1) is 5.41 Å². The van der Waals surface area contributed by atoms with Gasteiger partial charge in [0.2, 0.25) is 0 Å². The minimum Gasteiger partial charge on any atom is -0.481 e. The van der Waals surface area contributed by atoms with Crippen molar-refractivity contribution in [2.24, 2.45) is 11.3 Å². The Morgan fingerprint density at radius 2 is 1.77 bits per heavy atom. The summed E-state index contributed by atoms with van der Waals surface area (Å²) in [6.07, 6.45) is -0.141. The van der Waals surface area contributed by atoms with Crippen LogP contribution in [0.1, 0.15) is 36.8 Å². The molecule has 2 N–H and O–H groups in total. The monoisotopic (exact) mass is 478 g/mol. The van der Waals surface area contributed by atoms with E-state index in [1.807, 2.05) is 24.3 Å². The zero-order chi connectivity index (χ0) is 24.6. The lowest BCUT2D eigenvalue weighted by molar-refractivity contribution is -0.148. The number of rotatable bonds is 6. The van der Waals surface area contributed by atoms with Crippen LogP contribution in [0.2, 0.25) is 0 Å². The molecule has 0 spiro atoms. The summed E-state index contributed by atoms with van der Waals surface area (Å²) in [5, 5.41) is 12.2. The first kappa shape index (κ1) is 23.4. The van der Waals surface area contributed by atoms with Crippen LogP contribution in [0.4, 0.5) is 4.79 Å². The predicted octanol–water partition coefficient (Wildman–Crippen LogP) is 3.25. The van der Waals surface area contributed by atoms with E-state index in [1.54, 1.807) is 11.8 Å². The molecule has 2 fully saturated rings. The first-order valence-corrected chi connectivity index (χ1v) is 12.1. The summed E-state index contributed by atoms with van der Waals surface area (Å²) >= 11 is 0. The Morgan fingerprint density at radius 3 is 2.40 bits per heavy atom. The van der Waals surface area contributed by atoms with Crippen molar-refractivity contribution in [3.05, 3.63) is 59.7 Å². The van der Waals surface area contributed by atoms with Crippen LogP contribution in [0.25, 0.3) is 11.1 Å². The molecule has 2 saturated heterocycles. The Labute approximate surface area is 204 Å². The van der Waals surface area contributed by atoms with E-state index in [-0.39, 0.29) is 37.4 Å². The lowest BCUT2D eigenvalue weighted by atomic mass is 9.90. The minimum absolute atomic E-state index is 0.0176. The van der Waals surface area contributed by atoms with Crippen molar-refractivity contribution in [2.45, 2.75) is 31.8 Å². The van der Waals surface area contributed by atoms with E-state index in [1.165, 1.54) is 11.1 Å². The van der Waals surface area contributed by atoms with Gasteiger partial charge in [0.25, 0.3) is 5.91 Å². The average Bonchev–Trinajstić information content (AvgIpc) is 3.57. The third-order valence-corrected chi connectivity index (χ3v) is 7.61. The van der Waals surface area contributed by atoms with Crippen molar-refractivity contribution in [3.63, 3.8) is 0 Å². The summed E-state index contributed by atoms with van der Waals surface area (Å²) in [7, 11) is 0. The van der Waals surface area contributed by atoms with Gasteiger partial charge in [-0.1, -0.05) is 48.5 Å². The van der Waals surface area contributed by atoms with Gasteiger partial charge >= 0.3 is 12.1 Å². The number of alkyl carbamates (subject to hydrolysis) is 1. The quantitative estimate of drug-likeness (QED) is 0.660. The van der Waals surface area contributed by atoms with Gasteiger partial charge in [0.15, 0.2) is 0 Å². The molecule has 5 rings (SSSR count). The molecule has 3 atom stereocenters. The zero-order valence-corrected chi connectivity index (χ0v) is 19.7. The summed E-state index contributed by atoms with van der Waals surface area (Å²) in [6.45, 7) is 3.15. The van der Waals surface area contributed by atoms with Gasteiger partial charge in [-0.05, 0) is 42.0 Å². The fourth-order valence-corrected chi connectivity index (χ4v) is 5.48. The molecule has 0 aromatic heterocycles. The van der Waals surface area contributed by atoms with Crippen LogP contribution in [0.3, 0.4) is 0 Å². The molecule has 0 bridgehead atoms. The molecule has 2 aromatic rings. The highest BCUT2D eigenvalue weighted by Gasteiger charge is 2.45. The second-order valence-electron chi connectivity index (χ2n) is 9.92. The number of carbonyl (C=O) groups excluding carboxylic acids is 2. The first-order valence-electron chi connectivity index (χ1n) is 12.1. The van der Waals surface area contributed by atoms with Gasteiger partial charge in [0, 0.05) is 38.1 Å². The normalized spacial score (nSPS) is 25.2. The minimum atomic E-state index is -0.927. The number of nitrogens with zero attached hydrogens (tertiary/aromatic N) is 1. The van der Waals surface area contributed by atoms with Gasteiger partial charge in [-0.15, -0.1) is 0 Å². The van der Waals surface area contributed by atoms with Crippen molar-refractivity contribution < 1.29 is 29.0 Å². The van der Waals surface area contributed by atoms with E-state index in [0.717, 1.165) is 11.1 Å². The van der Waals surface area contributed by atoms with E-state index in [0.29, 0.717) is 26.0 Å². The number of benzene rings is 2. The maximum atomic E-state index is 13.0. The van der Waals surface area contributed by atoms with Gasteiger partial charge in [-0.25, -0.2) is 4.79 Å². The van der Waals surface area contributed by atoms with Crippen LogP contribution < -0.4 is 5.32 Å². The molecule has 184 valence electrons. The van der Waals surface area contributed by atoms with Crippen LogP contribution in [0.15, 0.2) is 48.5 Å². The summed E-state index contributed by atoms with van der Waals surface area (Å²) in [6, 6.07) is 16.3. The molecule has 2 aliphatic heterocycles. The molecule has 2 aromatic carbocycles. The number of hydrogen-bond donors (Lipinski definition) is 2. The van der Waals surface area contributed by atoms with Crippen LogP contribution in [0, 0.1) is 11.3 Å². The van der Waals surface area contributed by atoms with Crippen LogP contribution in [-0.2, 0) is 19.1 Å². The number of likely N-dealkylation sites (tertiary alicyclic amines) is 1. The number of amides is 2. The number of carboxylic acid groups (broad SMARTS) is 1. The van der Waals surface area contributed by atoms with Crippen molar-refractivity contribution in [1.82, 2.24) is 10.2 Å². The van der Waals surface area contributed by atoms with Crippen molar-refractivity contribution >= 4 is 18.0 Å². The fourth-order valence-electron chi connectivity index (χ4n) is 5.48. The molecule has 1 unspecified atom stereocenters. The maximum absolute atomic E-state index is 13.0. The van der Waals surface area contributed by atoms with E-state index in [2.05, 4.69) is 29.6 Å². The van der Waals surface area contributed by atoms with Crippen LogP contribution in [-0.4, -0.2) is 66.9 Å². The number of fused-ring (bicyclic) bond motifs is 3. The van der Waals surface area contributed by atoms with Gasteiger partial charge in [-0.2, -0.15) is 0 Å². The molecule has 2 heterocycles. The highest BCUT2D eigenvalue weighted by Crippen LogP contribution is 2.44. The maximum Gasteiger partial charge on any atom is 0.407 e. The molecule has 8 heteroatoms. The highest BCUT2D eigenvalue weighted by molar-refractivity contribution is 5.84. The van der Waals surface area contributed by atoms with Crippen molar-refractivity contribution in [1.29, 1.82) is 0 Å². The fraction of sp³-hybridized carbons (Fsp3) is 0.444. The van der Waals surface area contributed by atoms with Crippen LogP contribution >= 0.6 is 0 Å². The van der Waals surface area contributed by atoms with Gasteiger partial charge in [0.1, 0.15) is 12.7 Å². The Balaban J connectivity index is 1.15. The Kier molecular flexibility index (Phi) is 6.23. The summed E-state index contributed by atoms with van der Waals surface area (Å²) in [5.74, 6) is -1.30. The Hall–Kier alpha value is -3.39. The number of aliphatic carboxylic acids is 1. The summed E-state index contributed by atoms with van der Waals surface area (Å²) < 4.78 is 11.3. The molecular weight excluding hydrogens is 448 g/mol. The lowest BCUT2D eigenvalue weighted by Gasteiger charge is -2.25. The Morgan fingerprint density at radius 1 is 1.11 bits per heavy atom. The van der Waals surface area contributed by atoms with Gasteiger partial charge < -0.3 is 24.8 Å². The van der Waals surface area contributed by atoms with Crippen molar-refractivity contribution in [2.75, 3.05) is 32.8 Å². The molecular formula is C27H30N2O6. The standard InChI is InChI=1S/C27H30N2O6/c1-27(25(31)32)11-12-29(16-27)24(30)23-17(10-13-34-23)14-28-26(33)35-15-22-20-8-4-2-6-18(20)19-7-3-5-9-21(19)22/h2-9,17,22-23H,10-16H2,1H3,(H,28,33)(H,31,32)/t17-,23-,27?/m0/s1. The molecule has 3 aliphatic rings. The summed E-state index contributed by atoms with van der Waals surface area (Å²) in [5.41, 5.74) is 3.71. The summed E-state index contributed by atoms with van der Waals surface area (Å²) in [4.78, 5) is 38.6. The Bertz CT molecular complexity index is 1100. The predicted molar refractivity (Wildman–Crippen MR) is 128 cm³/mol. The average molecular weight is 479 g/mol. The largest absolute Gasteiger partial charge is 0.481 e. The molecule has 35 heavy (non-hydrogen) atoms. The number of nitrogens with one attached hydrogen (secondary N) is 1. The molecule has 8 nitrogen and oxygen atoms in total. The lowest BCUT2D eigenvalue weighted by Crippen LogP contribution is -2.44. The zero-order valence-electron chi connectivity index (χ0n) is 19.7. The second kappa shape index (κ2) is 9.34. The first-order chi connectivity index (χ1) is 16.9. The topological polar surface area (TPSA) is 105 Å². The third kappa shape index (κ3) is 4.38. The van der Waals surface area contributed by atoms with Gasteiger partial charge in [-0.3, -0.25) is 9.59 Å². The van der Waals surface area contributed by atoms with E-state index >= 15 is 0 Å². The number of ether oxygens (including phenoxy) is 2. The molecule has 0 radical (unpaired) electrons. The third-order valence-electron chi connectivity index (χ3n) is 7.61. The SMILES string of the molecule is CC1(C(=O)O)CCN(C(=O)[C@H]2OCC[C@H]2CNC(=O)OCC2c3ccccc3-c3ccccc32)C1. The molecule has 0 saturated carbocycles.